The van der Waals surface area contributed by atoms with Crippen molar-refractivity contribution < 1.29 is 36.2 Å². The molecule has 6 aromatic rings. The second kappa shape index (κ2) is 20.2. The summed E-state index contributed by atoms with van der Waals surface area (Å²) in [4.78, 5) is 24.7. The Morgan fingerprint density at radius 1 is 0.458 bits per heavy atom. The summed E-state index contributed by atoms with van der Waals surface area (Å²) in [5.74, 6) is 0.452. The maximum atomic E-state index is 12.6. The van der Waals surface area contributed by atoms with E-state index in [4.69, 9.17) is 0 Å². The van der Waals surface area contributed by atoms with E-state index in [9.17, 15) is 36.2 Å². The number of nitrogens with zero attached hydrogens (tertiary/aromatic N) is 6. The molecule has 0 aliphatic carbocycles. The van der Waals surface area contributed by atoms with Crippen molar-refractivity contribution >= 4 is 120 Å². The number of hydrogen-bond donors (Lipinski definition) is 10. The van der Waals surface area contributed by atoms with Crippen LogP contribution in [-0.4, -0.2) is 122 Å². The molecule has 0 aliphatic heterocycles. The van der Waals surface area contributed by atoms with Gasteiger partial charge in [-0.2, -0.15) is 46.7 Å². The predicted molar refractivity (Wildman–Crippen MR) is 224 cm³/mol. The summed E-state index contributed by atoms with van der Waals surface area (Å²) in [6.45, 7) is -0.123. The van der Waals surface area contributed by atoms with Gasteiger partial charge < -0.3 is 42.1 Å². The van der Waals surface area contributed by atoms with E-state index in [0.29, 0.717) is 11.4 Å². The van der Waals surface area contributed by atoms with Gasteiger partial charge >= 0.3 is 0 Å². The van der Waals surface area contributed by atoms with Crippen LogP contribution in [0, 0.1) is 0 Å². The summed E-state index contributed by atoms with van der Waals surface area (Å²) in [7, 11) is -9.70. The molecule has 0 saturated carbocycles. The number of aliphatic hydroxyl groups excluding tert-OH is 2. The zero-order valence-electron chi connectivity index (χ0n) is 31.1. The minimum atomic E-state index is -4.85. The van der Waals surface area contributed by atoms with Gasteiger partial charge in [-0.15, -0.1) is 0 Å². The number of hydrogen-bond acceptors (Lipinski definition) is 18. The Bertz CT molecular complexity index is 2450. The second-order valence-corrected chi connectivity index (χ2v) is 14.7. The molecule has 0 saturated heterocycles. The third-order valence-electron chi connectivity index (χ3n) is 7.66. The molecule has 23 heteroatoms. The van der Waals surface area contributed by atoms with Crippen molar-refractivity contribution in [1.82, 2.24) is 29.9 Å². The summed E-state index contributed by atoms with van der Waals surface area (Å²) >= 11 is 0. The molecule has 0 atom stereocenters. The maximum absolute atomic E-state index is 12.6. The first-order valence-corrected chi connectivity index (χ1v) is 20.1. The first-order valence-electron chi connectivity index (χ1n) is 17.2. The number of aliphatic hydroxyl groups is 2. The summed E-state index contributed by atoms with van der Waals surface area (Å²) < 4.78 is 70.7. The standard InChI is InChI=1S/C36H36N12O8S2.Na/c49-19-17-37-31-43-33(39-25-7-3-1-4-8-25)47-35(45-31)41-27-15-13-23(29(21-27)57(51,52)53)11-12-24-14-16-28(22-30(24)58(54,55)56)42-36-46-32(38-18-20-50)44-34(48-36)40-26-9-5-2-6-10-26;/h1-16,21-22,49-50H,17-20H2,(H,51,52,53)(H,54,55,56)(H3,37,39,41,43,45,47)(H3,38,40,42,44,46,48);. The summed E-state index contributed by atoms with van der Waals surface area (Å²) in [5, 5.41) is 36.1. The topological polar surface area (TPSA) is 299 Å². The van der Waals surface area contributed by atoms with E-state index in [1.807, 2.05) is 36.4 Å². The minimum Gasteiger partial charge on any atom is -0.395 e. The first kappa shape index (κ1) is 44.3. The van der Waals surface area contributed by atoms with Gasteiger partial charge in [-0.05, 0) is 59.7 Å². The van der Waals surface area contributed by atoms with Crippen molar-refractivity contribution in [2.24, 2.45) is 0 Å². The Labute approximate surface area is 360 Å². The molecule has 0 bridgehead atoms. The van der Waals surface area contributed by atoms with E-state index < -0.39 is 30.0 Å². The van der Waals surface area contributed by atoms with Crippen LogP contribution >= 0.6 is 0 Å². The van der Waals surface area contributed by atoms with Crippen LogP contribution in [0.3, 0.4) is 0 Å². The molecule has 0 aliphatic rings. The number of para-hydroxylation sites is 2. The van der Waals surface area contributed by atoms with E-state index in [0.717, 1.165) is 12.1 Å². The molecule has 1 radical (unpaired) electrons. The summed E-state index contributed by atoms with van der Waals surface area (Å²) in [6, 6.07) is 26.0. The Hall–Kier alpha value is -5.82. The van der Waals surface area contributed by atoms with Gasteiger partial charge in [-0.25, -0.2) is 0 Å². The van der Waals surface area contributed by atoms with Gasteiger partial charge in [-0.1, -0.05) is 60.7 Å². The zero-order valence-corrected chi connectivity index (χ0v) is 34.8. The van der Waals surface area contributed by atoms with Gasteiger partial charge in [0.05, 0.1) is 13.2 Å². The van der Waals surface area contributed by atoms with Crippen LogP contribution in [0.4, 0.5) is 58.4 Å². The third-order valence-corrected chi connectivity index (χ3v) is 9.48. The fraction of sp³-hybridized carbons (Fsp3) is 0.111. The number of nitrogens with one attached hydrogen (secondary N) is 6. The Morgan fingerprint density at radius 3 is 1.10 bits per heavy atom. The molecular formula is C36H36N12NaO8S2. The molecule has 0 unspecified atom stereocenters. The van der Waals surface area contributed by atoms with Crippen LogP contribution in [0.25, 0.3) is 12.2 Å². The van der Waals surface area contributed by atoms with E-state index in [2.05, 4.69) is 61.8 Å². The summed E-state index contributed by atoms with van der Waals surface area (Å²) in [5.41, 5.74) is 1.59. The third kappa shape index (κ3) is 12.8. The first-order chi connectivity index (χ1) is 27.9. The van der Waals surface area contributed by atoms with Crippen molar-refractivity contribution in [2.75, 3.05) is 58.2 Å². The van der Waals surface area contributed by atoms with E-state index >= 15 is 0 Å². The van der Waals surface area contributed by atoms with Crippen LogP contribution in [0.1, 0.15) is 11.1 Å². The number of benzene rings is 4. The molecular weight excluding hydrogens is 816 g/mol. The Balaban J connectivity index is 0.00000661. The minimum absolute atomic E-state index is 0. The molecule has 0 amide bonds. The predicted octanol–water partition coefficient (Wildman–Crippen LogP) is 4.12. The molecule has 2 heterocycles. The zero-order chi connectivity index (χ0) is 41.1. The molecule has 10 N–H and O–H groups in total. The molecule has 20 nitrogen and oxygen atoms in total. The molecule has 0 fully saturated rings. The van der Waals surface area contributed by atoms with Gasteiger partial charge in [0.2, 0.25) is 35.7 Å². The van der Waals surface area contributed by atoms with Crippen molar-refractivity contribution in [1.29, 1.82) is 0 Å². The van der Waals surface area contributed by atoms with Gasteiger partial charge in [0.1, 0.15) is 9.79 Å². The summed E-state index contributed by atoms with van der Waals surface area (Å²) in [6.07, 6.45) is 2.50. The fourth-order valence-electron chi connectivity index (χ4n) is 5.15. The van der Waals surface area contributed by atoms with Crippen LogP contribution in [0.15, 0.2) is 107 Å². The number of aromatic nitrogens is 6. The Kier molecular flexibility index (Phi) is 15.2. The molecule has 0 spiro atoms. The normalized spacial score (nSPS) is 11.4. The number of anilines is 10. The van der Waals surface area contributed by atoms with Crippen molar-refractivity contribution in [3.05, 3.63) is 108 Å². The molecule has 2 aromatic heterocycles. The fourth-order valence-corrected chi connectivity index (χ4v) is 6.57. The van der Waals surface area contributed by atoms with Crippen LogP contribution < -0.4 is 31.9 Å². The largest absolute Gasteiger partial charge is 0.395 e. The molecule has 59 heavy (non-hydrogen) atoms. The van der Waals surface area contributed by atoms with Crippen LogP contribution in [0.2, 0.25) is 0 Å². The van der Waals surface area contributed by atoms with Gasteiger partial charge in [0.15, 0.2) is 0 Å². The van der Waals surface area contributed by atoms with Crippen LogP contribution in [-0.2, 0) is 20.2 Å². The smallest absolute Gasteiger partial charge is 0.295 e. The van der Waals surface area contributed by atoms with Crippen molar-refractivity contribution in [3.63, 3.8) is 0 Å². The maximum Gasteiger partial charge on any atom is 0.295 e. The number of rotatable bonds is 18. The van der Waals surface area contributed by atoms with E-state index in [-0.39, 0.29) is 114 Å². The Morgan fingerprint density at radius 2 is 0.780 bits per heavy atom. The van der Waals surface area contributed by atoms with E-state index in [1.165, 1.54) is 36.4 Å². The molecule has 301 valence electrons. The molecule has 4 aromatic carbocycles. The SMILES string of the molecule is O=S(=O)(O)c1cc(Nc2nc(NCCO)nc(Nc3ccccc3)n2)ccc1C=Cc1ccc(Nc2nc(NCCO)nc(Nc3ccccc3)n2)cc1S(=O)(=O)O.[Na]. The average molecular weight is 852 g/mol. The molecule has 6 rings (SSSR count). The van der Waals surface area contributed by atoms with Gasteiger partial charge in [0.25, 0.3) is 20.2 Å². The van der Waals surface area contributed by atoms with Gasteiger partial charge in [0, 0.05) is 65.4 Å². The van der Waals surface area contributed by atoms with Gasteiger partial charge in [-0.3, -0.25) is 9.11 Å². The van der Waals surface area contributed by atoms with Crippen LogP contribution in [0.5, 0.6) is 0 Å². The quantitative estimate of drug-likeness (QED) is 0.0330. The van der Waals surface area contributed by atoms with Crippen molar-refractivity contribution in [2.45, 2.75) is 9.79 Å². The van der Waals surface area contributed by atoms with Crippen molar-refractivity contribution in [3.8, 4) is 0 Å². The average Bonchev–Trinajstić information content (AvgIpc) is 3.19. The monoisotopic (exact) mass is 851 g/mol. The second-order valence-electron chi connectivity index (χ2n) is 11.9. The van der Waals surface area contributed by atoms with E-state index in [1.54, 1.807) is 24.3 Å².